The molecule has 0 amide bonds. The number of nitrogens with zero attached hydrogens (tertiary/aromatic N) is 1. The highest BCUT2D eigenvalue weighted by molar-refractivity contribution is 5.63. The van der Waals surface area contributed by atoms with E-state index in [2.05, 4.69) is 24.1 Å². The van der Waals surface area contributed by atoms with Crippen molar-refractivity contribution in [2.24, 2.45) is 29.6 Å². The van der Waals surface area contributed by atoms with Crippen LogP contribution in [0.4, 0.5) is 4.39 Å². The summed E-state index contributed by atoms with van der Waals surface area (Å²) in [5.41, 5.74) is 2.79. The number of fused-ring (bicyclic) bond motifs is 2. The van der Waals surface area contributed by atoms with E-state index in [0.717, 1.165) is 41.2 Å². The molecule has 1 aromatic carbocycles. The van der Waals surface area contributed by atoms with Crippen LogP contribution < -0.4 is 0 Å². The first-order valence-electron chi connectivity index (χ1n) is 11.2. The quantitative estimate of drug-likeness (QED) is 0.606. The molecular weight excluding hydrogens is 361 g/mol. The van der Waals surface area contributed by atoms with Gasteiger partial charge in [0.15, 0.2) is 0 Å². The van der Waals surface area contributed by atoms with Crippen molar-refractivity contribution in [1.29, 1.82) is 0 Å². The lowest BCUT2D eigenvalue weighted by Gasteiger charge is -2.46. The molecule has 2 aromatic rings. The van der Waals surface area contributed by atoms with Gasteiger partial charge in [-0.1, -0.05) is 43.5 Å². The van der Waals surface area contributed by atoms with Crippen LogP contribution in [-0.2, 0) is 4.74 Å². The molecule has 1 saturated heterocycles. The minimum atomic E-state index is -0.215. The Morgan fingerprint density at radius 3 is 2.79 bits per heavy atom. The highest BCUT2D eigenvalue weighted by Crippen LogP contribution is 2.53. The standard InChI is InChI=1S/C26H30FNO/c1-17-26-21(16-29-17)13-19-5-2-3-8-24(19)25(26)12-11-23-10-9-20(15-28-23)18-6-4-7-22(27)14-18/h4,6-7,9-12,14-15,17,19,21,24-26H,2-3,5,8,13,16H2,1H3/b12-11+/t17-,19?,21-,24+,25?,26-/m0/s1. The lowest BCUT2D eigenvalue weighted by molar-refractivity contribution is 0.0378. The van der Waals surface area contributed by atoms with Crippen molar-refractivity contribution in [2.75, 3.05) is 6.61 Å². The van der Waals surface area contributed by atoms with E-state index in [9.17, 15) is 4.39 Å². The summed E-state index contributed by atoms with van der Waals surface area (Å²) in [5, 5.41) is 0. The Hall–Kier alpha value is -2.00. The van der Waals surface area contributed by atoms with Crippen LogP contribution in [0.2, 0.25) is 0 Å². The highest BCUT2D eigenvalue weighted by atomic mass is 19.1. The van der Waals surface area contributed by atoms with Crippen LogP contribution in [0.3, 0.4) is 0 Å². The first-order valence-corrected chi connectivity index (χ1v) is 11.2. The van der Waals surface area contributed by atoms with Crippen molar-refractivity contribution in [3.05, 3.63) is 60.2 Å². The van der Waals surface area contributed by atoms with Gasteiger partial charge in [0, 0.05) is 11.8 Å². The van der Waals surface area contributed by atoms with Crippen LogP contribution in [0.5, 0.6) is 0 Å². The average Bonchev–Trinajstić information content (AvgIpc) is 3.12. The largest absolute Gasteiger partial charge is 0.378 e. The van der Waals surface area contributed by atoms with Crippen molar-refractivity contribution >= 4 is 6.08 Å². The van der Waals surface area contributed by atoms with Gasteiger partial charge in [-0.15, -0.1) is 0 Å². The minimum Gasteiger partial charge on any atom is -0.378 e. The summed E-state index contributed by atoms with van der Waals surface area (Å²) in [6, 6.07) is 10.8. The Morgan fingerprint density at radius 2 is 1.97 bits per heavy atom. The van der Waals surface area contributed by atoms with Crippen LogP contribution in [0.1, 0.15) is 44.7 Å². The molecule has 6 atom stereocenters. The lowest BCUT2D eigenvalue weighted by atomic mass is 9.57. The fourth-order valence-corrected chi connectivity index (χ4v) is 6.27. The second kappa shape index (κ2) is 8.02. The summed E-state index contributed by atoms with van der Waals surface area (Å²) in [6.45, 7) is 3.21. The molecule has 0 bridgehead atoms. The van der Waals surface area contributed by atoms with Gasteiger partial charge in [0.2, 0.25) is 0 Å². The zero-order valence-electron chi connectivity index (χ0n) is 17.1. The number of rotatable bonds is 3. The summed E-state index contributed by atoms with van der Waals surface area (Å²) < 4.78 is 19.6. The van der Waals surface area contributed by atoms with Gasteiger partial charge < -0.3 is 4.74 Å². The van der Waals surface area contributed by atoms with Crippen LogP contribution in [0, 0.1) is 35.4 Å². The normalized spacial score (nSPS) is 34.1. The van der Waals surface area contributed by atoms with E-state index in [1.165, 1.54) is 38.2 Å². The first-order chi connectivity index (χ1) is 14.2. The Bertz CT molecular complexity index is 875. The van der Waals surface area contributed by atoms with Crippen LogP contribution in [-0.4, -0.2) is 17.7 Å². The van der Waals surface area contributed by atoms with Crippen molar-refractivity contribution in [1.82, 2.24) is 4.98 Å². The number of aromatic nitrogens is 1. The summed E-state index contributed by atoms with van der Waals surface area (Å²) in [6.07, 6.45) is 13.8. The first kappa shape index (κ1) is 19.0. The van der Waals surface area contributed by atoms with Gasteiger partial charge in [-0.2, -0.15) is 0 Å². The molecule has 2 heterocycles. The van der Waals surface area contributed by atoms with E-state index >= 15 is 0 Å². The smallest absolute Gasteiger partial charge is 0.123 e. The van der Waals surface area contributed by atoms with Crippen LogP contribution >= 0.6 is 0 Å². The molecule has 0 radical (unpaired) electrons. The maximum atomic E-state index is 13.5. The average molecular weight is 392 g/mol. The maximum absolute atomic E-state index is 13.5. The molecule has 152 valence electrons. The minimum absolute atomic E-state index is 0.215. The van der Waals surface area contributed by atoms with E-state index in [0.29, 0.717) is 17.9 Å². The Balaban J connectivity index is 1.37. The number of pyridine rings is 1. The number of benzene rings is 1. The van der Waals surface area contributed by atoms with Crippen molar-refractivity contribution in [3.63, 3.8) is 0 Å². The summed E-state index contributed by atoms with van der Waals surface area (Å²) in [4.78, 5) is 4.64. The van der Waals surface area contributed by atoms with Gasteiger partial charge in [0.25, 0.3) is 0 Å². The Morgan fingerprint density at radius 1 is 1.07 bits per heavy atom. The molecule has 3 heteroatoms. The lowest BCUT2D eigenvalue weighted by Crippen LogP contribution is -2.42. The molecule has 2 aliphatic carbocycles. The van der Waals surface area contributed by atoms with Crippen LogP contribution in [0.25, 0.3) is 17.2 Å². The van der Waals surface area contributed by atoms with Gasteiger partial charge in [-0.25, -0.2) is 4.39 Å². The SMILES string of the molecule is C[C@@H]1OC[C@@H]2CC3CCCC[C@H]3C(/C=C/c3ccc(-c4cccc(F)c4)cn3)[C@H]21. The zero-order chi connectivity index (χ0) is 19.8. The molecule has 1 aliphatic heterocycles. The van der Waals surface area contributed by atoms with E-state index in [1.54, 1.807) is 12.1 Å². The number of halogens is 1. The second-order valence-corrected chi connectivity index (χ2v) is 9.24. The summed E-state index contributed by atoms with van der Waals surface area (Å²) in [7, 11) is 0. The van der Waals surface area contributed by atoms with Crippen molar-refractivity contribution < 1.29 is 9.13 Å². The monoisotopic (exact) mass is 391 g/mol. The number of hydrogen-bond acceptors (Lipinski definition) is 2. The fraction of sp³-hybridized carbons (Fsp3) is 0.500. The third-order valence-electron chi connectivity index (χ3n) is 7.61. The highest BCUT2D eigenvalue weighted by Gasteiger charge is 2.49. The van der Waals surface area contributed by atoms with Gasteiger partial charge in [-0.3, -0.25) is 4.98 Å². The Kier molecular flexibility index (Phi) is 5.26. The predicted octanol–water partition coefficient (Wildman–Crippen LogP) is 6.38. The topological polar surface area (TPSA) is 22.1 Å². The molecule has 0 N–H and O–H groups in total. The number of ether oxygens (including phenoxy) is 1. The molecular formula is C26H30FNO. The molecule has 0 spiro atoms. The molecule has 2 saturated carbocycles. The van der Waals surface area contributed by atoms with Gasteiger partial charge >= 0.3 is 0 Å². The van der Waals surface area contributed by atoms with E-state index in [-0.39, 0.29) is 5.82 Å². The predicted molar refractivity (Wildman–Crippen MR) is 115 cm³/mol. The number of hydrogen-bond donors (Lipinski definition) is 0. The third kappa shape index (κ3) is 3.77. The number of allylic oxidation sites excluding steroid dienone is 1. The Labute approximate surface area is 173 Å². The summed E-state index contributed by atoms with van der Waals surface area (Å²) in [5.74, 6) is 3.43. The molecule has 2 unspecified atom stereocenters. The third-order valence-corrected chi connectivity index (χ3v) is 7.61. The molecule has 2 nitrogen and oxygen atoms in total. The maximum Gasteiger partial charge on any atom is 0.123 e. The van der Waals surface area contributed by atoms with Crippen molar-refractivity contribution in [2.45, 2.75) is 45.1 Å². The second-order valence-electron chi connectivity index (χ2n) is 9.24. The van der Waals surface area contributed by atoms with Gasteiger partial charge in [0.05, 0.1) is 18.4 Å². The van der Waals surface area contributed by atoms with Gasteiger partial charge in [0.1, 0.15) is 5.82 Å². The van der Waals surface area contributed by atoms with E-state index < -0.39 is 0 Å². The molecule has 5 rings (SSSR count). The van der Waals surface area contributed by atoms with Crippen molar-refractivity contribution in [3.8, 4) is 11.1 Å². The zero-order valence-corrected chi connectivity index (χ0v) is 17.1. The molecule has 3 fully saturated rings. The van der Waals surface area contributed by atoms with Crippen LogP contribution in [0.15, 0.2) is 48.7 Å². The molecule has 29 heavy (non-hydrogen) atoms. The fourth-order valence-electron chi connectivity index (χ4n) is 6.27. The molecule has 3 aliphatic rings. The molecule has 1 aromatic heterocycles. The van der Waals surface area contributed by atoms with E-state index in [4.69, 9.17) is 4.74 Å². The van der Waals surface area contributed by atoms with Gasteiger partial charge in [-0.05, 0) is 79.2 Å². The van der Waals surface area contributed by atoms with E-state index in [1.807, 2.05) is 24.4 Å². The summed E-state index contributed by atoms with van der Waals surface area (Å²) >= 11 is 0.